The third-order valence-corrected chi connectivity index (χ3v) is 12.0. The van der Waals surface area contributed by atoms with Crippen molar-refractivity contribution in [2.45, 2.75) is 174 Å². The molecule has 3 fully saturated rings. The van der Waals surface area contributed by atoms with Gasteiger partial charge < -0.3 is 53.7 Å². The van der Waals surface area contributed by atoms with E-state index >= 15 is 0 Å². The first-order valence-corrected chi connectivity index (χ1v) is 18.2. The van der Waals surface area contributed by atoms with Crippen molar-refractivity contribution in [1.29, 1.82) is 0 Å². The van der Waals surface area contributed by atoms with Gasteiger partial charge in [-0.1, -0.05) is 34.6 Å². The third kappa shape index (κ3) is 9.09. The number of hydrogen-bond acceptors (Lipinski definition) is 13. The Morgan fingerprint density at radius 2 is 1.44 bits per heavy atom. The molecule has 0 radical (unpaired) electrons. The van der Waals surface area contributed by atoms with E-state index in [4.69, 9.17) is 28.4 Å². The van der Waals surface area contributed by atoms with Crippen molar-refractivity contribution in [3.63, 3.8) is 0 Å². The fourth-order valence-electron chi connectivity index (χ4n) is 8.17. The maximum Gasteiger partial charge on any atom is 0.311 e. The highest BCUT2D eigenvalue weighted by atomic mass is 16.7. The number of esters is 1. The smallest absolute Gasteiger partial charge is 0.311 e. The van der Waals surface area contributed by atoms with Gasteiger partial charge >= 0.3 is 5.97 Å². The Morgan fingerprint density at radius 1 is 0.840 bits per heavy atom. The lowest BCUT2D eigenvalue weighted by molar-refractivity contribution is -0.317. The van der Waals surface area contributed by atoms with Crippen molar-refractivity contribution >= 4 is 11.8 Å². The molecule has 292 valence electrons. The molecule has 17 atom stereocenters. The second-order valence-electron chi connectivity index (χ2n) is 16.8. The first-order chi connectivity index (χ1) is 22.9. The van der Waals surface area contributed by atoms with Crippen molar-refractivity contribution in [3.05, 3.63) is 0 Å². The zero-order valence-corrected chi connectivity index (χ0v) is 32.8. The topological polar surface area (TPSA) is 174 Å². The summed E-state index contributed by atoms with van der Waals surface area (Å²) in [6, 6.07) is -0.300. The van der Waals surface area contributed by atoms with Crippen LogP contribution in [0.2, 0.25) is 0 Å². The molecular weight excluding hydrogens is 650 g/mol. The van der Waals surface area contributed by atoms with Gasteiger partial charge in [-0.2, -0.15) is 0 Å². The fourth-order valence-corrected chi connectivity index (χ4v) is 8.17. The van der Waals surface area contributed by atoms with Gasteiger partial charge in [-0.15, -0.1) is 0 Å². The van der Waals surface area contributed by atoms with E-state index in [2.05, 4.69) is 0 Å². The van der Waals surface area contributed by atoms with Crippen molar-refractivity contribution in [2.75, 3.05) is 21.2 Å². The number of carbonyl (C=O) groups is 2. The number of hydrogen-bond donors (Lipinski definition) is 4. The molecule has 0 spiro atoms. The van der Waals surface area contributed by atoms with Crippen LogP contribution in [0.4, 0.5) is 0 Å². The number of rotatable bonds is 6. The molecule has 3 aliphatic rings. The predicted octanol–water partition coefficient (Wildman–Crippen LogP) is 2.67. The first-order valence-electron chi connectivity index (χ1n) is 18.2. The molecule has 0 saturated carbocycles. The molecule has 3 saturated heterocycles. The van der Waals surface area contributed by atoms with Crippen molar-refractivity contribution in [1.82, 2.24) is 4.90 Å². The highest BCUT2D eigenvalue weighted by Gasteiger charge is 2.53. The lowest BCUT2D eigenvalue weighted by Gasteiger charge is -2.49. The minimum atomic E-state index is -1.73. The van der Waals surface area contributed by atoms with E-state index in [1.165, 1.54) is 7.11 Å². The van der Waals surface area contributed by atoms with Crippen LogP contribution in [-0.4, -0.2) is 137 Å². The lowest BCUT2D eigenvalue weighted by atomic mass is 9.71. The molecule has 9 unspecified atom stereocenters. The summed E-state index contributed by atoms with van der Waals surface area (Å²) in [6.45, 7) is 18.9. The van der Waals surface area contributed by atoms with E-state index in [1.807, 2.05) is 25.9 Å². The number of carbonyl (C=O) groups excluding carboxylic acids is 2. The molecule has 0 aromatic carbocycles. The van der Waals surface area contributed by atoms with Crippen molar-refractivity contribution in [2.24, 2.45) is 29.1 Å². The summed E-state index contributed by atoms with van der Waals surface area (Å²) in [5, 5.41) is 46.2. The maximum absolute atomic E-state index is 14.0. The average Bonchev–Trinajstić information content (AvgIpc) is 3.03. The average molecular weight is 718 g/mol. The number of Topliss-reactive ketones (excluding diaryl/α,β-unsaturated/α-hetero) is 1. The van der Waals surface area contributed by atoms with Gasteiger partial charge in [-0.05, 0) is 68.5 Å². The minimum absolute atomic E-state index is 0.0557. The van der Waals surface area contributed by atoms with Crippen molar-refractivity contribution < 1.29 is 58.4 Å². The van der Waals surface area contributed by atoms with E-state index in [0.29, 0.717) is 6.42 Å². The Kier molecular flexibility index (Phi) is 14.2. The Bertz CT molecular complexity index is 1150. The van der Waals surface area contributed by atoms with E-state index in [9.17, 15) is 30.0 Å². The van der Waals surface area contributed by atoms with Crippen LogP contribution in [0.25, 0.3) is 0 Å². The summed E-state index contributed by atoms with van der Waals surface area (Å²) >= 11 is 0. The maximum atomic E-state index is 14.0. The number of methoxy groups -OCH3 is 1. The number of aliphatic hydroxyl groups excluding tert-OH is 3. The Hall–Kier alpha value is -1.26. The van der Waals surface area contributed by atoms with Crippen LogP contribution in [0.15, 0.2) is 0 Å². The summed E-state index contributed by atoms with van der Waals surface area (Å²) in [5.41, 5.74) is -3.75. The molecule has 0 aromatic heterocycles. The van der Waals surface area contributed by atoms with E-state index in [-0.39, 0.29) is 30.8 Å². The molecule has 50 heavy (non-hydrogen) atoms. The minimum Gasteiger partial charge on any atom is -0.462 e. The molecule has 13 nitrogen and oxygen atoms in total. The molecule has 0 bridgehead atoms. The molecule has 13 heteroatoms. The summed E-state index contributed by atoms with van der Waals surface area (Å²) in [6.07, 6.45) is -8.54. The number of ketones is 1. The Labute approximate surface area is 299 Å². The third-order valence-electron chi connectivity index (χ3n) is 12.0. The van der Waals surface area contributed by atoms with Gasteiger partial charge in [0.15, 0.2) is 12.6 Å². The van der Waals surface area contributed by atoms with Crippen LogP contribution < -0.4 is 0 Å². The van der Waals surface area contributed by atoms with Crippen LogP contribution in [0, 0.1) is 29.1 Å². The molecule has 3 heterocycles. The van der Waals surface area contributed by atoms with Crippen LogP contribution in [-0.2, 0) is 38.0 Å². The Morgan fingerprint density at radius 3 is 2.00 bits per heavy atom. The van der Waals surface area contributed by atoms with Crippen LogP contribution in [0.3, 0.4) is 0 Å². The number of cyclic esters (lactones) is 1. The molecule has 0 aliphatic carbocycles. The van der Waals surface area contributed by atoms with E-state index in [1.54, 1.807) is 69.2 Å². The summed E-state index contributed by atoms with van der Waals surface area (Å²) in [7, 11) is 5.23. The first kappa shape index (κ1) is 43.1. The standard InChI is InChI=1S/C37H67NO12/c1-18-16-36(10,44)32(50-34-28(40)25(38(12)13)15-19(2)46-34)21(4)29(49-26-17-37(11,45-14)31(42)23(6)47-26)22(5)33(43)48-24(7)35(8,9)30(41)20(3)27(18)39/h18-26,28-32,34,40-42,44H,15-17H2,1-14H3/t18-,19-,20+,21+,22-,23+,24?,25?,26?,28?,29?,30?,31?,32?,34?,36+,37-/m1/s1. The van der Waals surface area contributed by atoms with Gasteiger partial charge in [0.25, 0.3) is 0 Å². The number of nitrogens with zero attached hydrogens (tertiary/aromatic N) is 1. The summed E-state index contributed by atoms with van der Waals surface area (Å²) < 4.78 is 37.2. The predicted molar refractivity (Wildman–Crippen MR) is 185 cm³/mol. The molecule has 3 rings (SSSR count). The molecule has 4 N–H and O–H groups in total. The SMILES string of the molecule is CO[C@]1(C)CC(OC2[C@H](C)C(OC3O[C@H](C)CC(N(C)C)C3O)[C@@](C)(O)C[C@@H](C)C(=O)[C@H](C)C(O)C(C)(C)C(C)OC(=O)[C@@H]2C)O[C@@H](C)C1O. The van der Waals surface area contributed by atoms with Gasteiger partial charge in [-0.25, -0.2) is 0 Å². The van der Waals surface area contributed by atoms with Gasteiger partial charge in [0.05, 0.1) is 47.6 Å². The lowest BCUT2D eigenvalue weighted by Crippen LogP contribution is -2.60. The van der Waals surface area contributed by atoms with E-state index < -0.39 is 102 Å². The zero-order chi connectivity index (χ0) is 38.3. The van der Waals surface area contributed by atoms with Gasteiger partial charge in [-0.3, -0.25) is 9.59 Å². The molecule has 3 aliphatic heterocycles. The quantitative estimate of drug-likeness (QED) is 0.296. The van der Waals surface area contributed by atoms with Gasteiger partial charge in [0.2, 0.25) is 0 Å². The van der Waals surface area contributed by atoms with Crippen LogP contribution in [0.1, 0.15) is 95.4 Å². The van der Waals surface area contributed by atoms with E-state index in [0.717, 1.165) is 0 Å². The molecule has 0 amide bonds. The van der Waals surface area contributed by atoms with Gasteiger partial charge in [0, 0.05) is 42.7 Å². The summed E-state index contributed by atoms with van der Waals surface area (Å²) in [5.74, 6) is -4.15. The zero-order valence-electron chi connectivity index (χ0n) is 32.8. The number of aliphatic hydroxyl groups is 4. The largest absolute Gasteiger partial charge is 0.462 e. The normalized spacial score (nSPS) is 48.6. The Balaban J connectivity index is 2.16. The highest BCUT2D eigenvalue weighted by molar-refractivity contribution is 5.83. The van der Waals surface area contributed by atoms with Gasteiger partial charge in [0.1, 0.15) is 24.1 Å². The number of likely N-dealkylation sites (N-methyl/N-ethyl adjacent to an activating group) is 1. The van der Waals surface area contributed by atoms with Crippen LogP contribution in [0.5, 0.6) is 0 Å². The van der Waals surface area contributed by atoms with Crippen LogP contribution >= 0.6 is 0 Å². The second kappa shape index (κ2) is 16.4. The summed E-state index contributed by atoms with van der Waals surface area (Å²) in [4.78, 5) is 29.8. The molecule has 0 aromatic rings. The second-order valence-corrected chi connectivity index (χ2v) is 16.8. The fraction of sp³-hybridized carbons (Fsp3) is 0.946. The van der Waals surface area contributed by atoms with Crippen molar-refractivity contribution in [3.8, 4) is 0 Å². The molecular formula is C37H67NO12. The monoisotopic (exact) mass is 717 g/mol. The number of ether oxygens (including phenoxy) is 6. The highest BCUT2D eigenvalue weighted by Crippen LogP contribution is 2.41.